The highest BCUT2D eigenvalue weighted by Gasteiger charge is 2.31. The van der Waals surface area contributed by atoms with Crippen molar-refractivity contribution in [3.8, 4) is 5.82 Å². The van der Waals surface area contributed by atoms with Crippen molar-refractivity contribution in [3.63, 3.8) is 0 Å². The van der Waals surface area contributed by atoms with Gasteiger partial charge in [0.25, 0.3) is 5.56 Å². The van der Waals surface area contributed by atoms with E-state index in [0.29, 0.717) is 30.9 Å². The molecule has 1 fully saturated rings. The van der Waals surface area contributed by atoms with Crippen molar-refractivity contribution in [1.82, 2.24) is 19.7 Å². The third-order valence-corrected chi connectivity index (χ3v) is 6.44. The molecule has 6 nitrogen and oxygen atoms in total. The summed E-state index contributed by atoms with van der Waals surface area (Å²) in [4.78, 5) is 21.9. The number of anilines is 1. The van der Waals surface area contributed by atoms with E-state index in [0.717, 1.165) is 35.2 Å². The summed E-state index contributed by atoms with van der Waals surface area (Å²) in [6, 6.07) is 10.2. The minimum absolute atomic E-state index is 0.0282. The second-order valence-electron chi connectivity index (χ2n) is 8.01. The number of aromatic nitrogens is 4. The lowest BCUT2D eigenvalue weighted by Crippen LogP contribution is -2.35. The van der Waals surface area contributed by atoms with Crippen molar-refractivity contribution in [3.05, 3.63) is 81.5 Å². The number of hydrogen-bond donors (Lipinski definition) is 1. The largest absolute Gasteiger partial charge is 0.417 e. The van der Waals surface area contributed by atoms with Crippen LogP contribution < -0.4 is 10.5 Å². The molecular weight excluding hydrogens is 455 g/mol. The van der Waals surface area contributed by atoms with Crippen LogP contribution in [0.3, 0.4) is 0 Å². The molecule has 1 saturated heterocycles. The molecule has 1 aromatic carbocycles. The summed E-state index contributed by atoms with van der Waals surface area (Å²) < 4.78 is 39.2. The van der Waals surface area contributed by atoms with E-state index in [1.54, 1.807) is 0 Å². The first-order valence-corrected chi connectivity index (χ1v) is 10.8. The first-order chi connectivity index (χ1) is 15.8. The van der Waals surface area contributed by atoms with Gasteiger partial charge in [-0.2, -0.15) is 23.0 Å². The number of benzene rings is 1. The Morgan fingerprint density at radius 3 is 2.52 bits per heavy atom. The number of piperidine rings is 1. The maximum atomic E-state index is 12.8. The van der Waals surface area contributed by atoms with Crippen molar-refractivity contribution >= 4 is 28.2 Å². The molecule has 4 aromatic rings. The number of nitrogens with zero attached hydrogens (tertiary/aromatic N) is 4. The van der Waals surface area contributed by atoms with E-state index >= 15 is 0 Å². The lowest BCUT2D eigenvalue weighted by atomic mass is 9.89. The van der Waals surface area contributed by atoms with E-state index in [-0.39, 0.29) is 10.8 Å². The fourth-order valence-electron chi connectivity index (χ4n) is 4.35. The van der Waals surface area contributed by atoms with Crippen LogP contribution in [0.5, 0.6) is 0 Å². The van der Waals surface area contributed by atoms with Gasteiger partial charge < -0.3 is 9.88 Å². The molecule has 0 saturated carbocycles. The second-order valence-corrected chi connectivity index (χ2v) is 8.39. The lowest BCUT2D eigenvalue weighted by molar-refractivity contribution is -0.137. The average Bonchev–Trinajstić information content (AvgIpc) is 3.25. The number of nitrogens with one attached hydrogen (secondary N) is 1. The van der Waals surface area contributed by atoms with Crippen molar-refractivity contribution in [2.75, 3.05) is 18.0 Å². The molecule has 0 bridgehead atoms. The minimum atomic E-state index is -4.51. The SMILES string of the molecule is O=c1c(Cl)c(N2CCC(c3c[nH]c4ccccc34)CC2)cnn1-c1ccc(C(F)(F)F)cn1. The van der Waals surface area contributed by atoms with Crippen LogP contribution >= 0.6 is 11.6 Å². The molecule has 0 spiro atoms. The molecule has 10 heteroatoms. The average molecular weight is 474 g/mol. The normalized spacial score (nSPS) is 15.3. The van der Waals surface area contributed by atoms with Crippen molar-refractivity contribution < 1.29 is 13.2 Å². The highest BCUT2D eigenvalue weighted by atomic mass is 35.5. The monoisotopic (exact) mass is 473 g/mol. The quantitative estimate of drug-likeness (QED) is 0.446. The zero-order chi connectivity index (χ0) is 23.2. The number of rotatable bonds is 3. The second kappa shape index (κ2) is 8.22. The predicted molar refractivity (Wildman–Crippen MR) is 120 cm³/mol. The summed E-state index contributed by atoms with van der Waals surface area (Å²) in [6.07, 6.45) is 1.47. The highest BCUT2D eigenvalue weighted by molar-refractivity contribution is 6.33. The summed E-state index contributed by atoms with van der Waals surface area (Å²) in [5, 5.41) is 5.31. The number of H-pyrrole nitrogens is 1. The molecule has 1 aliphatic rings. The van der Waals surface area contributed by atoms with Gasteiger partial charge in [0.15, 0.2) is 5.82 Å². The predicted octanol–water partition coefficient (Wildman–Crippen LogP) is 5.17. The Morgan fingerprint density at radius 1 is 1.06 bits per heavy atom. The third-order valence-electron chi connectivity index (χ3n) is 6.09. The molecule has 0 radical (unpaired) electrons. The fraction of sp³-hybridized carbons (Fsp3) is 0.261. The van der Waals surface area contributed by atoms with Crippen LogP contribution in [0, 0.1) is 0 Å². The molecule has 0 atom stereocenters. The maximum absolute atomic E-state index is 12.8. The van der Waals surface area contributed by atoms with Gasteiger partial charge in [-0.3, -0.25) is 4.79 Å². The number of hydrogen-bond acceptors (Lipinski definition) is 4. The molecule has 170 valence electrons. The van der Waals surface area contributed by atoms with Gasteiger partial charge >= 0.3 is 6.18 Å². The van der Waals surface area contributed by atoms with Gasteiger partial charge in [-0.1, -0.05) is 29.8 Å². The zero-order valence-corrected chi connectivity index (χ0v) is 18.1. The minimum Gasteiger partial charge on any atom is -0.369 e. The van der Waals surface area contributed by atoms with Gasteiger partial charge in [0.2, 0.25) is 0 Å². The molecule has 1 N–H and O–H groups in total. The van der Waals surface area contributed by atoms with Crippen molar-refractivity contribution in [2.45, 2.75) is 24.9 Å². The van der Waals surface area contributed by atoms with E-state index in [1.807, 2.05) is 17.0 Å². The first kappa shape index (κ1) is 21.5. The molecule has 1 aliphatic heterocycles. The van der Waals surface area contributed by atoms with Crippen LogP contribution in [0.2, 0.25) is 5.02 Å². The summed E-state index contributed by atoms with van der Waals surface area (Å²) in [6.45, 7) is 1.40. The molecule has 33 heavy (non-hydrogen) atoms. The van der Waals surface area contributed by atoms with Crippen LogP contribution in [0.25, 0.3) is 16.7 Å². The topological polar surface area (TPSA) is 66.8 Å². The maximum Gasteiger partial charge on any atom is 0.417 e. The molecule has 0 aliphatic carbocycles. The molecule has 4 heterocycles. The highest BCUT2D eigenvalue weighted by Crippen LogP contribution is 2.35. The zero-order valence-electron chi connectivity index (χ0n) is 17.3. The Labute approximate surface area is 191 Å². The van der Waals surface area contributed by atoms with Gasteiger partial charge in [0.1, 0.15) is 5.02 Å². The van der Waals surface area contributed by atoms with Crippen LogP contribution in [0.1, 0.15) is 29.9 Å². The third kappa shape index (κ3) is 3.97. The molecule has 3 aromatic heterocycles. The molecule has 0 amide bonds. The van der Waals surface area contributed by atoms with Crippen LogP contribution in [-0.4, -0.2) is 32.8 Å². The number of pyridine rings is 1. The smallest absolute Gasteiger partial charge is 0.369 e. The molecule has 0 unspecified atom stereocenters. The Hall–Kier alpha value is -3.33. The Balaban J connectivity index is 1.35. The van der Waals surface area contributed by atoms with Gasteiger partial charge in [-0.05, 0) is 42.5 Å². The fourth-order valence-corrected chi connectivity index (χ4v) is 4.60. The number of halogens is 4. The van der Waals surface area contributed by atoms with Crippen molar-refractivity contribution in [2.24, 2.45) is 0 Å². The van der Waals surface area contributed by atoms with E-state index in [1.165, 1.54) is 17.1 Å². The van der Waals surface area contributed by atoms with Gasteiger partial charge in [-0.15, -0.1) is 0 Å². The molecule has 5 rings (SSSR count). The van der Waals surface area contributed by atoms with Gasteiger partial charge in [0.05, 0.1) is 17.4 Å². The Morgan fingerprint density at radius 2 is 1.82 bits per heavy atom. The number of fused-ring (bicyclic) bond motifs is 1. The van der Waals surface area contributed by atoms with E-state index in [4.69, 9.17) is 11.6 Å². The lowest BCUT2D eigenvalue weighted by Gasteiger charge is -2.33. The number of alkyl halides is 3. The van der Waals surface area contributed by atoms with Crippen LogP contribution in [-0.2, 0) is 6.18 Å². The molecular formula is C23H19ClF3N5O. The number of aromatic amines is 1. The van der Waals surface area contributed by atoms with E-state index in [2.05, 4.69) is 33.4 Å². The van der Waals surface area contributed by atoms with Gasteiger partial charge in [0, 0.05) is 36.4 Å². The summed E-state index contributed by atoms with van der Waals surface area (Å²) in [7, 11) is 0. The summed E-state index contributed by atoms with van der Waals surface area (Å²) in [5.41, 5.74) is 1.39. The van der Waals surface area contributed by atoms with E-state index < -0.39 is 17.3 Å². The van der Waals surface area contributed by atoms with E-state index in [9.17, 15) is 18.0 Å². The van der Waals surface area contributed by atoms with Crippen LogP contribution in [0.15, 0.2) is 59.8 Å². The van der Waals surface area contributed by atoms with Crippen molar-refractivity contribution in [1.29, 1.82) is 0 Å². The Bertz CT molecular complexity index is 1360. The summed E-state index contributed by atoms with van der Waals surface area (Å²) in [5.74, 6) is 0.361. The van der Waals surface area contributed by atoms with Crippen LogP contribution in [0.4, 0.5) is 18.9 Å². The standard InChI is InChI=1S/C23H19ClF3N5O/c24-21-19(13-30-32(22(21)33)20-6-5-15(11-29-20)23(25,26)27)31-9-7-14(8-10-31)17-12-28-18-4-2-1-3-16(17)18/h1-6,11-14,28H,7-10H2. The number of para-hydroxylation sites is 1. The first-order valence-electron chi connectivity index (χ1n) is 10.5. The van der Waals surface area contributed by atoms with Gasteiger partial charge in [-0.25, -0.2) is 4.98 Å². The Kier molecular flexibility index (Phi) is 5.36. The summed E-state index contributed by atoms with van der Waals surface area (Å²) >= 11 is 6.37.